The second-order valence-electron chi connectivity index (χ2n) is 5.75. The summed E-state index contributed by atoms with van der Waals surface area (Å²) in [6.45, 7) is 0. The zero-order valence-corrected chi connectivity index (χ0v) is 15.2. The second kappa shape index (κ2) is 6.57. The van der Waals surface area contributed by atoms with E-state index < -0.39 is 23.5 Å². The van der Waals surface area contributed by atoms with E-state index in [2.05, 4.69) is 10.1 Å². The quantitative estimate of drug-likeness (QED) is 0.309. The Kier molecular flexibility index (Phi) is 4.21. The van der Waals surface area contributed by atoms with Gasteiger partial charge in [0, 0.05) is 5.02 Å². The van der Waals surface area contributed by atoms with Crippen LogP contribution >= 0.6 is 22.9 Å². The fourth-order valence-corrected chi connectivity index (χ4v) is 4.08. The maximum Gasteiger partial charge on any atom is 0.302 e. The molecule has 1 aliphatic rings. The van der Waals surface area contributed by atoms with Gasteiger partial charge in [-0.05, 0) is 36.4 Å². The predicted molar refractivity (Wildman–Crippen MR) is 103 cm³/mol. The van der Waals surface area contributed by atoms with E-state index in [1.807, 2.05) is 18.2 Å². The Balaban J connectivity index is 1.80. The van der Waals surface area contributed by atoms with Gasteiger partial charge in [-0.25, -0.2) is 9.88 Å². The Morgan fingerprint density at radius 1 is 1.04 bits per heavy atom. The highest BCUT2D eigenvalue weighted by Gasteiger charge is 2.48. The van der Waals surface area contributed by atoms with Gasteiger partial charge in [-0.1, -0.05) is 23.7 Å². The molecule has 2 heterocycles. The average Bonchev–Trinajstić information content (AvgIpc) is 3.09. The highest BCUT2D eigenvalue weighted by Crippen LogP contribution is 2.33. The van der Waals surface area contributed by atoms with E-state index in [4.69, 9.17) is 17.4 Å². The Labute approximate surface area is 162 Å². The van der Waals surface area contributed by atoms with Crippen LogP contribution in [0.2, 0.25) is 5.02 Å². The topological polar surface area (TPSA) is 106 Å². The lowest BCUT2D eigenvalue weighted by atomic mass is 9.92. The molecule has 2 N–H and O–H groups in total. The molecular weight excluding hydrogens is 388 g/mol. The number of aromatic nitrogens is 1. The number of ketones is 1. The summed E-state index contributed by atoms with van der Waals surface area (Å²) < 4.78 is 0.830. The second-order valence-corrected chi connectivity index (χ2v) is 7.25. The van der Waals surface area contributed by atoms with Crippen molar-refractivity contribution in [2.75, 3.05) is 4.90 Å². The molecule has 1 fully saturated rings. The number of thiazole rings is 1. The molecule has 0 saturated carbocycles. The lowest BCUT2D eigenvalue weighted by molar-refractivity contribution is -0.139. The van der Waals surface area contributed by atoms with Crippen LogP contribution in [0.15, 0.2) is 53.6 Å². The third-order valence-corrected chi connectivity index (χ3v) is 5.51. The molecule has 7 nitrogen and oxygen atoms in total. The molecule has 1 saturated heterocycles. The first-order valence-electron chi connectivity index (χ1n) is 7.82. The first-order chi connectivity index (χ1) is 13.0. The van der Waals surface area contributed by atoms with Crippen molar-refractivity contribution in [1.82, 2.24) is 4.98 Å². The molecule has 1 atom stereocenters. The van der Waals surface area contributed by atoms with Crippen LogP contribution in [0.1, 0.15) is 10.9 Å². The molecule has 0 aliphatic carbocycles. The van der Waals surface area contributed by atoms with E-state index in [1.54, 1.807) is 6.07 Å². The zero-order chi connectivity index (χ0) is 19.1. The number of benzene rings is 2. The number of fused-ring (bicyclic) bond motifs is 1. The van der Waals surface area contributed by atoms with Crippen molar-refractivity contribution >= 4 is 62.2 Å². The predicted octanol–water partition coefficient (Wildman–Crippen LogP) is 2.49. The van der Waals surface area contributed by atoms with E-state index >= 15 is 0 Å². The minimum absolute atomic E-state index is 0.214. The number of nitrogens with two attached hydrogens (primary N) is 1. The van der Waals surface area contributed by atoms with E-state index in [9.17, 15) is 14.4 Å². The fourth-order valence-electron chi connectivity index (χ4n) is 2.89. The smallest absolute Gasteiger partial charge is 0.302 e. The number of hydrogen-bond acceptors (Lipinski definition) is 7. The van der Waals surface area contributed by atoms with E-state index in [0.29, 0.717) is 15.5 Å². The summed E-state index contributed by atoms with van der Waals surface area (Å²) in [6.07, 6.45) is 0. The van der Waals surface area contributed by atoms with Gasteiger partial charge >= 0.3 is 5.91 Å². The molecule has 0 spiro atoms. The van der Waals surface area contributed by atoms with Gasteiger partial charge in [0.05, 0.1) is 15.9 Å². The average molecular weight is 399 g/mol. The van der Waals surface area contributed by atoms with Crippen molar-refractivity contribution in [3.05, 3.63) is 58.6 Å². The summed E-state index contributed by atoms with van der Waals surface area (Å²) in [4.78, 5) is 43.5. The summed E-state index contributed by atoms with van der Waals surface area (Å²) in [5.74, 6) is 1.68. The molecule has 9 heteroatoms. The summed E-state index contributed by atoms with van der Waals surface area (Å²) in [5.41, 5.74) is 0.655. The number of imide groups is 1. The Morgan fingerprint density at radius 3 is 2.41 bits per heavy atom. The number of nitrogens with zero attached hydrogens (tertiary/aromatic N) is 3. The molecule has 2 aromatic carbocycles. The van der Waals surface area contributed by atoms with Crippen LogP contribution in [0.5, 0.6) is 0 Å². The molecule has 1 aromatic heterocycles. The number of rotatable bonds is 2. The van der Waals surface area contributed by atoms with Crippen LogP contribution in [-0.4, -0.2) is 28.3 Å². The first-order valence-corrected chi connectivity index (χ1v) is 9.02. The molecular formula is C18H11ClN4O3S. The Bertz CT molecular complexity index is 1090. The van der Waals surface area contributed by atoms with Crippen molar-refractivity contribution in [2.45, 2.75) is 5.92 Å². The standard InChI is InChI=1S/C18H11ClN4O3S/c19-9-5-7-10(8-6-9)23-17(25)14(22-20)13(15(24)18(23)26)16-21-11-3-1-2-4-12(11)27-16/h1-8,13H,20H2/b22-14-/t13-/m0/s1. The number of hydrazone groups is 1. The van der Waals surface area contributed by atoms with E-state index in [-0.39, 0.29) is 11.4 Å². The lowest BCUT2D eigenvalue weighted by Crippen LogP contribution is -2.55. The molecule has 134 valence electrons. The number of anilines is 1. The normalized spacial score (nSPS) is 19.3. The van der Waals surface area contributed by atoms with Crippen LogP contribution in [0.3, 0.4) is 0 Å². The number of hydrogen-bond donors (Lipinski definition) is 1. The van der Waals surface area contributed by atoms with E-state index in [0.717, 1.165) is 9.60 Å². The number of para-hydroxylation sites is 1. The van der Waals surface area contributed by atoms with Gasteiger partial charge in [0.25, 0.3) is 5.91 Å². The van der Waals surface area contributed by atoms with E-state index in [1.165, 1.54) is 35.6 Å². The number of halogens is 1. The maximum atomic E-state index is 12.9. The SMILES string of the molecule is N/N=C1\C(=O)N(c2ccc(Cl)cc2)C(=O)C(=O)[C@H]1c1nc2ccccc2s1. The summed E-state index contributed by atoms with van der Waals surface area (Å²) in [5, 5.41) is 4.27. The monoisotopic (exact) mass is 398 g/mol. The van der Waals surface area contributed by atoms with Gasteiger partial charge in [0.2, 0.25) is 5.78 Å². The van der Waals surface area contributed by atoms with Crippen molar-refractivity contribution in [3.63, 3.8) is 0 Å². The third-order valence-electron chi connectivity index (χ3n) is 4.15. The number of carbonyl (C=O) groups excluding carboxylic acids is 3. The van der Waals surface area contributed by atoms with Gasteiger partial charge in [-0.3, -0.25) is 14.4 Å². The maximum absolute atomic E-state index is 12.9. The van der Waals surface area contributed by atoms with Crippen molar-refractivity contribution in [3.8, 4) is 0 Å². The zero-order valence-electron chi connectivity index (χ0n) is 13.6. The minimum Gasteiger partial charge on any atom is -0.323 e. The van der Waals surface area contributed by atoms with Gasteiger partial charge in [0.15, 0.2) is 0 Å². The van der Waals surface area contributed by atoms with Gasteiger partial charge in [0.1, 0.15) is 16.6 Å². The minimum atomic E-state index is -1.21. The van der Waals surface area contributed by atoms with Crippen molar-refractivity contribution < 1.29 is 14.4 Å². The number of amides is 2. The third kappa shape index (κ3) is 2.79. The largest absolute Gasteiger partial charge is 0.323 e. The lowest BCUT2D eigenvalue weighted by Gasteiger charge is -2.28. The molecule has 27 heavy (non-hydrogen) atoms. The first kappa shape index (κ1) is 17.3. The number of carbonyl (C=O) groups is 3. The highest BCUT2D eigenvalue weighted by molar-refractivity contribution is 7.19. The van der Waals surface area contributed by atoms with Crippen molar-refractivity contribution in [1.29, 1.82) is 0 Å². The van der Waals surface area contributed by atoms with Crippen LogP contribution < -0.4 is 10.7 Å². The summed E-state index contributed by atoms with van der Waals surface area (Å²) in [7, 11) is 0. The van der Waals surface area contributed by atoms with Crippen LogP contribution in [0.4, 0.5) is 5.69 Å². The molecule has 3 aromatic rings. The van der Waals surface area contributed by atoms with Gasteiger partial charge in [-0.15, -0.1) is 11.3 Å². The highest BCUT2D eigenvalue weighted by atomic mass is 35.5. The summed E-state index contributed by atoms with van der Waals surface area (Å²) >= 11 is 7.06. The van der Waals surface area contributed by atoms with Gasteiger partial charge < -0.3 is 5.84 Å². The summed E-state index contributed by atoms with van der Waals surface area (Å²) in [6, 6.07) is 13.2. The van der Waals surface area contributed by atoms with Crippen LogP contribution in [0.25, 0.3) is 10.2 Å². The Morgan fingerprint density at radius 2 is 1.74 bits per heavy atom. The molecule has 1 aliphatic heterocycles. The molecule has 0 radical (unpaired) electrons. The number of piperidine rings is 1. The fraction of sp³-hybridized carbons (Fsp3) is 0.0556. The molecule has 0 unspecified atom stereocenters. The van der Waals surface area contributed by atoms with Crippen LogP contribution in [0, 0.1) is 0 Å². The Hall–Kier alpha value is -3.10. The van der Waals surface area contributed by atoms with Crippen molar-refractivity contribution in [2.24, 2.45) is 10.9 Å². The molecule has 4 rings (SSSR count). The van der Waals surface area contributed by atoms with Crippen LogP contribution in [-0.2, 0) is 14.4 Å². The number of Topliss-reactive ketones (excluding diaryl/α,β-unsaturated/α-hetero) is 1. The molecule has 0 bridgehead atoms. The van der Waals surface area contributed by atoms with Gasteiger partial charge in [-0.2, -0.15) is 5.10 Å². The molecule has 2 amide bonds.